The van der Waals surface area contributed by atoms with Gasteiger partial charge in [-0.05, 0) is 30.7 Å². The van der Waals surface area contributed by atoms with E-state index in [4.69, 9.17) is 33.7 Å². The van der Waals surface area contributed by atoms with E-state index in [9.17, 15) is 0 Å². The maximum absolute atomic E-state index is 6.05. The van der Waals surface area contributed by atoms with Gasteiger partial charge in [-0.15, -0.1) is 0 Å². The molecular formula is C13H18Cl2N2O. The Balaban J connectivity index is 2.21. The standard InChI is InChI=1S/C13H18Cl2N2O/c1-9-8-17(2-3-18-9)13(7-16)10-4-11(14)6-12(15)5-10/h4-6,9,13H,2-3,7-8,16H2,1H3. The summed E-state index contributed by atoms with van der Waals surface area (Å²) in [4.78, 5) is 2.33. The molecule has 1 aliphatic heterocycles. The zero-order valence-electron chi connectivity index (χ0n) is 10.4. The second kappa shape index (κ2) is 6.22. The first-order valence-corrected chi connectivity index (χ1v) is 6.87. The van der Waals surface area contributed by atoms with E-state index < -0.39 is 0 Å². The fraction of sp³-hybridized carbons (Fsp3) is 0.538. The van der Waals surface area contributed by atoms with Crippen molar-refractivity contribution < 1.29 is 4.74 Å². The first-order chi connectivity index (χ1) is 8.60. The van der Waals surface area contributed by atoms with E-state index in [-0.39, 0.29) is 12.1 Å². The molecule has 0 aromatic heterocycles. The van der Waals surface area contributed by atoms with Crippen LogP contribution >= 0.6 is 23.2 Å². The molecule has 0 bridgehead atoms. The Morgan fingerprint density at radius 2 is 2.06 bits per heavy atom. The molecule has 1 aromatic carbocycles. The Hall–Kier alpha value is -0.320. The molecule has 5 heteroatoms. The first-order valence-electron chi connectivity index (χ1n) is 6.12. The molecule has 2 rings (SSSR count). The van der Waals surface area contributed by atoms with Gasteiger partial charge in [0, 0.05) is 35.7 Å². The zero-order valence-corrected chi connectivity index (χ0v) is 11.9. The molecule has 2 unspecified atom stereocenters. The molecular weight excluding hydrogens is 271 g/mol. The van der Waals surface area contributed by atoms with E-state index in [2.05, 4.69) is 11.8 Å². The maximum atomic E-state index is 6.05. The van der Waals surface area contributed by atoms with Gasteiger partial charge in [0.05, 0.1) is 12.7 Å². The summed E-state index contributed by atoms with van der Waals surface area (Å²) < 4.78 is 5.55. The third kappa shape index (κ3) is 3.37. The van der Waals surface area contributed by atoms with Crippen LogP contribution in [0.4, 0.5) is 0 Å². The number of ether oxygens (including phenoxy) is 1. The summed E-state index contributed by atoms with van der Waals surface area (Å²) in [5.41, 5.74) is 6.99. The number of nitrogens with two attached hydrogens (primary N) is 1. The molecule has 1 aliphatic rings. The maximum Gasteiger partial charge on any atom is 0.0674 e. The van der Waals surface area contributed by atoms with Crippen molar-refractivity contribution in [3.05, 3.63) is 33.8 Å². The van der Waals surface area contributed by atoms with Crippen molar-refractivity contribution in [2.45, 2.75) is 19.1 Å². The average molecular weight is 289 g/mol. The highest BCUT2D eigenvalue weighted by molar-refractivity contribution is 6.34. The van der Waals surface area contributed by atoms with E-state index in [0.29, 0.717) is 16.6 Å². The lowest BCUT2D eigenvalue weighted by molar-refractivity contribution is -0.0333. The minimum absolute atomic E-state index is 0.146. The first kappa shape index (κ1) is 14.1. The molecule has 3 nitrogen and oxygen atoms in total. The molecule has 1 aromatic rings. The number of halogens is 2. The van der Waals surface area contributed by atoms with Crippen molar-refractivity contribution >= 4 is 23.2 Å². The molecule has 0 amide bonds. The summed E-state index contributed by atoms with van der Waals surface area (Å²) in [6.45, 7) is 5.13. The number of morpholine rings is 1. The van der Waals surface area contributed by atoms with Gasteiger partial charge in [0.2, 0.25) is 0 Å². The highest BCUT2D eigenvalue weighted by atomic mass is 35.5. The molecule has 1 heterocycles. The third-order valence-corrected chi connectivity index (χ3v) is 3.64. The summed E-state index contributed by atoms with van der Waals surface area (Å²) in [6, 6.07) is 5.76. The van der Waals surface area contributed by atoms with Crippen LogP contribution in [0.25, 0.3) is 0 Å². The van der Waals surface area contributed by atoms with E-state index >= 15 is 0 Å². The van der Waals surface area contributed by atoms with Crippen LogP contribution < -0.4 is 5.73 Å². The second-order valence-electron chi connectivity index (χ2n) is 4.63. The molecule has 18 heavy (non-hydrogen) atoms. The molecule has 2 atom stereocenters. The number of hydrogen-bond acceptors (Lipinski definition) is 3. The topological polar surface area (TPSA) is 38.5 Å². The lowest BCUT2D eigenvalue weighted by Crippen LogP contribution is -2.45. The van der Waals surface area contributed by atoms with Crippen LogP contribution in [0.15, 0.2) is 18.2 Å². The van der Waals surface area contributed by atoms with Gasteiger partial charge < -0.3 is 10.5 Å². The lowest BCUT2D eigenvalue weighted by Gasteiger charge is -2.37. The molecule has 0 saturated carbocycles. The molecule has 0 spiro atoms. The fourth-order valence-electron chi connectivity index (χ4n) is 2.39. The van der Waals surface area contributed by atoms with Crippen LogP contribution in [-0.4, -0.2) is 37.2 Å². The van der Waals surface area contributed by atoms with E-state index in [1.165, 1.54) is 0 Å². The van der Waals surface area contributed by atoms with E-state index in [1.807, 2.05) is 12.1 Å². The van der Waals surface area contributed by atoms with E-state index in [0.717, 1.165) is 25.3 Å². The minimum atomic E-state index is 0.146. The van der Waals surface area contributed by atoms with Crippen molar-refractivity contribution in [2.75, 3.05) is 26.2 Å². The normalized spacial score (nSPS) is 23.0. The van der Waals surface area contributed by atoms with Gasteiger partial charge in [0.25, 0.3) is 0 Å². The largest absolute Gasteiger partial charge is 0.376 e. The van der Waals surface area contributed by atoms with Crippen LogP contribution in [0, 0.1) is 0 Å². The van der Waals surface area contributed by atoms with Crippen LogP contribution in [-0.2, 0) is 4.74 Å². The Morgan fingerprint density at radius 3 is 2.61 bits per heavy atom. The average Bonchev–Trinajstić information content (AvgIpc) is 2.28. The van der Waals surface area contributed by atoms with Gasteiger partial charge >= 0.3 is 0 Å². The predicted octanol–water partition coefficient (Wildman–Crippen LogP) is 2.71. The third-order valence-electron chi connectivity index (χ3n) is 3.21. The molecule has 0 radical (unpaired) electrons. The van der Waals surface area contributed by atoms with Crippen LogP contribution in [0.3, 0.4) is 0 Å². The SMILES string of the molecule is CC1CN(C(CN)c2cc(Cl)cc(Cl)c2)CCO1. The Bertz CT molecular complexity index is 394. The molecule has 1 fully saturated rings. The zero-order chi connectivity index (χ0) is 13.1. The van der Waals surface area contributed by atoms with Gasteiger partial charge in [-0.2, -0.15) is 0 Å². The van der Waals surface area contributed by atoms with Crippen LogP contribution in [0.1, 0.15) is 18.5 Å². The minimum Gasteiger partial charge on any atom is -0.376 e. The molecule has 1 saturated heterocycles. The van der Waals surface area contributed by atoms with Gasteiger partial charge in [0.1, 0.15) is 0 Å². The monoisotopic (exact) mass is 288 g/mol. The van der Waals surface area contributed by atoms with Gasteiger partial charge in [-0.1, -0.05) is 23.2 Å². The van der Waals surface area contributed by atoms with Gasteiger partial charge in [-0.3, -0.25) is 4.90 Å². The Kier molecular flexibility index (Phi) is 4.87. The number of nitrogens with zero attached hydrogens (tertiary/aromatic N) is 1. The fourth-order valence-corrected chi connectivity index (χ4v) is 2.93. The van der Waals surface area contributed by atoms with Crippen LogP contribution in [0.5, 0.6) is 0 Å². The Labute approximate surface area is 118 Å². The van der Waals surface area contributed by atoms with Crippen molar-refractivity contribution in [1.29, 1.82) is 0 Å². The van der Waals surface area contributed by atoms with Crippen molar-refractivity contribution in [2.24, 2.45) is 5.73 Å². The van der Waals surface area contributed by atoms with Gasteiger partial charge in [-0.25, -0.2) is 0 Å². The number of rotatable bonds is 3. The predicted molar refractivity (Wildman–Crippen MR) is 75.2 cm³/mol. The highest BCUT2D eigenvalue weighted by Gasteiger charge is 2.24. The quantitative estimate of drug-likeness (QED) is 0.930. The summed E-state index contributed by atoms with van der Waals surface area (Å²) >= 11 is 12.1. The molecule has 0 aliphatic carbocycles. The summed E-state index contributed by atoms with van der Waals surface area (Å²) in [6.07, 6.45) is 0.238. The van der Waals surface area contributed by atoms with Gasteiger partial charge in [0.15, 0.2) is 0 Å². The van der Waals surface area contributed by atoms with E-state index in [1.54, 1.807) is 6.07 Å². The number of benzene rings is 1. The van der Waals surface area contributed by atoms with Crippen molar-refractivity contribution in [3.63, 3.8) is 0 Å². The number of hydrogen-bond donors (Lipinski definition) is 1. The highest BCUT2D eigenvalue weighted by Crippen LogP contribution is 2.27. The van der Waals surface area contributed by atoms with Crippen molar-refractivity contribution in [1.82, 2.24) is 4.90 Å². The smallest absolute Gasteiger partial charge is 0.0674 e. The summed E-state index contributed by atoms with van der Waals surface area (Å²) in [5, 5.41) is 1.30. The molecule has 100 valence electrons. The van der Waals surface area contributed by atoms with Crippen molar-refractivity contribution in [3.8, 4) is 0 Å². The Morgan fingerprint density at radius 1 is 1.39 bits per heavy atom. The summed E-state index contributed by atoms with van der Waals surface area (Å²) in [5.74, 6) is 0. The second-order valence-corrected chi connectivity index (χ2v) is 5.50. The van der Waals surface area contributed by atoms with Crippen LogP contribution in [0.2, 0.25) is 10.0 Å². The summed E-state index contributed by atoms with van der Waals surface area (Å²) in [7, 11) is 0. The lowest BCUT2D eigenvalue weighted by atomic mass is 10.0. The molecule has 2 N–H and O–H groups in total.